The molecule has 2 heteroatoms. The van der Waals surface area contributed by atoms with E-state index in [0.29, 0.717) is 23.7 Å². The first-order valence-electron chi connectivity index (χ1n) is 10.5. The van der Waals surface area contributed by atoms with Gasteiger partial charge in [-0.3, -0.25) is 0 Å². The number of ether oxygens (including phenoxy) is 1. The Morgan fingerprint density at radius 2 is 1.46 bits per heavy atom. The van der Waals surface area contributed by atoms with Gasteiger partial charge in [0.25, 0.3) is 0 Å². The lowest BCUT2D eigenvalue weighted by Gasteiger charge is -2.43. The maximum absolute atomic E-state index is 6.67. The summed E-state index contributed by atoms with van der Waals surface area (Å²) < 4.78 is 6.67. The average Bonchev–Trinajstić information content (AvgIpc) is 3.20. The summed E-state index contributed by atoms with van der Waals surface area (Å²) in [5, 5.41) is 0. The zero-order chi connectivity index (χ0) is 18.6. The Labute approximate surface area is 160 Å². The van der Waals surface area contributed by atoms with E-state index < -0.39 is 8.07 Å². The largest absolute Gasteiger partial charge is 0.462 e. The lowest BCUT2D eigenvalue weighted by atomic mass is 9.76. The van der Waals surface area contributed by atoms with Crippen molar-refractivity contribution < 1.29 is 4.74 Å². The van der Waals surface area contributed by atoms with E-state index >= 15 is 0 Å². The molecule has 1 nitrogen and oxygen atoms in total. The van der Waals surface area contributed by atoms with Gasteiger partial charge in [0.1, 0.15) is 11.5 Å². The number of hydrogen-bond donors (Lipinski definition) is 0. The summed E-state index contributed by atoms with van der Waals surface area (Å²) in [6.45, 7) is 14.7. The predicted molar refractivity (Wildman–Crippen MR) is 113 cm³/mol. The summed E-state index contributed by atoms with van der Waals surface area (Å²) in [5.41, 5.74) is 6.32. The summed E-state index contributed by atoms with van der Waals surface area (Å²) in [4.78, 5) is 0. The van der Waals surface area contributed by atoms with Crippen molar-refractivity contribution in [1.82, 2.24) is 0 Å². The summed E-state index contributed by atoms with van der Waals surface area (Å²) in [7, 11) is -1.63. The van der Waals surface area contributed by atoms with Crippen LogP contribution in [0.4, 0.5) is 0 Å². The number of fused-ring (bicyclic) bond motifs is 7. The lowest BCUT2D eigenvalue weighted by Crippen LogP contribution is -2.44. The summed E-state index contributed by atoms with van der Waals surface area (Å²) >= 11 is 0. The zero-order valence-electron chi connectivity index (χ0n) is 17.2. The van der Waals surface area contributed by atoms with Gasteiger partial charge in [0.2, 0.25) is 0 Å². The van der Waals surface area contributed by atoms with Gasteiger partial charge >= 0.3 is 0 Å². The highest BCUT2D eigenvalue weighted by molar-refractivity contribution is 6.88. The van der Waals surface area contributed by atoms with Crippen molar-refractivity contribution in [3.8, 4) is 5.75 Å². The SMILES string of the molecule is CC(C)[Si](/C=C1\Oc2ccccc2C2C3C=CC(C3)C12)(C(C)C)C(C)C. The van der Waals surface area contributed by atoms with E-state index in [1.165, 1.54) is 17.7 Å². The molecule has 4 rings (SSSR count). The highest BCUT2D eigenvalue weighted by Crippen LogP contribution is 2.60. The van der Waals surface area contributed by atoms with Gasteiger partial charge in [-0.1, -0.05) is 77.6 Å². The molecule has 1 aliphatic heterocycles. The van der Waals surface area contributed by atoms with Gasteiger partial charge in [0.15, 0.2) is 0 Å². The van der Waals surface area contributed by atoms with Crippen LogP contribution in [0.2, 0.25) is 16.6 Å². The molecule has 26 heavy (non-hydrogen) atoms. The van der Waals surface area contributed by atoms with Crippen LogP contribution in [0.25, 0.3) is 0 Å². The van der Waals surface area contributed by atoms with Crippen LogP contribution in [0, 0.1) is 17.8 Å². The molecule has 0 spiro atoms. The molecule has 0 saturated heterocycles. The first-order chi connectivity index (χ1) is 12.4. The van der Waals surface area contributed by atoms with Gasteiger partial charge in [0, 0.05) is 11.8 Å². The zero-order valence-corrected chi connectivity index (χ0v) is 18.2. The Morgan fingerprint density at radius 3 is 2.08 bits per heavy atom. The standard InChI is InChI=1S/C24H34OSi/c1-15(2)26(16(3)4,17(5)6)14-22-24-19-12-11-18(13-19)23(24)20-9-7-8-10-21(20)25-22/h7-12,14-19,23-24H,13H2,1-6H3/b22-14-. The monoisotopic (exact) mass is 366 g/mol. The quantitative estimate of drug-likeness (QED) is 0.408. The molecule has 2 bridgehead atoms. The van der Waals surface area contributed by atoms with E-state index in [4.69, 9.17) is 4.74 Å². The highest BCUT2D eigenvalue weighted by Gasteiger charge is 2.52. The van der Waals surface area contributed by atoms with Gasteiger partial charge in [-0.15, -0.1) is 0 Å². The third-order valence-corrected chi connectivity index (χ3v) is 14.5. The Morgan fingerprint density at radius 1 is 0.885 bits per heavy atom. The topological polar surface area (TPSA) is 9.23 Å². The normalized spacial score (nSPS) is 31.0. The van der Waals surface area contributed by atoms with E-state index in [0.717, 1.165) is 22.4 Å². The predicted octanol–water partition coefficient (Wildman–Crippen LogP) is 7.09. The van der Waals surface area contributed by atoms with Crippen LogP contribution in [0.15, 0.2) is 47.9 Å². The highest BCUT2D eigenvalue weighted by atomic mass is 28.3. The summed E-state index contributed by atoms with van der Waals surface area (Å²) in [6, 6.07) is 8.78. The Balaban J connectivity index is 1.86. The molecule has 1 saturated carbocycles. The van der Waals surface area contributed by atoms with Gasteiger partial charge in [-0.05, 0) is 46.5 Å². The van der Waals surface area contributed by atoms with Gasteiger partial charge in [0.05, 0.1) is 8.07 Å². The Hall–Kier alpha value is -1.28. The minimum absolute atomic E-state index is 0.558. The minimum Gasteiger partial charge on any atom is -0.462 e. The first kappa shape index (κ1) is 18.1. The first-order valence-corrected chi connectivity index (χ1v) is 12.8. The Bertz CT molecular complexity index is 721. The second-order valence-corrected chi connectivity index (χ2v) is 15.4. The molecule has 140 valence electrons. The van der Waals surface area contributed by atoms with Crippen LogP contribution in [-0.4, -0.2) is 8.07 Å². The molecular formula is C24H34OSi. The molecule has 0 amide bonds. The molecule has 0 radical (unpaired) electrons. The lowest BCUT2D eigenvalue weighted by molar-refractivity contribution is 0.265. The molecule has 1 aromatic rings. The van der Waals surface area contributed by atoms with E-state index in [9.17, 15) is 0 Å². The number of allylic oxidation sites excluding steroid dienone is 3. The second-order valence-electron chi connectivity index (χ2n) is 9.65. The van der Waals surface area contributed by atoms with Crippen molar-refractivity contribution in [2.75, 3.05) is 0 Å². The van der Waals surface area contributed by atoms with Crippen molar-refractivity contribution in [2.45, 2.75) is 70.5 Å². The molecular weight excluding hydrogens is 332 g/mol. The summed E-state index contributed by atoms with van der Waals surface area (Å²) in [6.07, 6.45) is 6.26. The van der Waals surface area contributed by atoms with E-state index in [2.05, 4.69) is 83.7 Å². The fourth-order valence-electron chi connectivity index (χ4n) is 6.55. The van der Waals surface area contributed by atoms with Crippen LogP contribution in [0.5, 0.6) is 5.75 Å². The van der Waals surface area contributed by atoms with Crippen LogP contribution >= 0.6 is 0 Å². The molecule has 1 fully saturated rings. The third kappa shape index (κ3) is 2.48. The molecule has 4 unspecified atom stereocenters. The van der Waals surface area contributed by atoms with Crippen molar-refractivity contribution >= 4 is 8.07 Å². The van der Waals surface area contributed by atoms with E-state index in [1.807, 2.05) is 0 Å². The fraction of sp³-hybridized carbons (Fsp3) is 0.583. The maximum Gasteiger partial charge on any atom is 0.130 e. The third-order valence-electron chi connectivity index (χ3n) is 7.69. The van der Waals surface area contributed by atoms with E-state index in [-0.39, 0.29) is 0 Å². The van der Waals surface area contributed by atoms with Crippen LogP contribution in [0.1, 0.15) is 59.4 Å². The van der Waals surface area contributed by atoms with Crippen LogP contribution in [-0.2, 0) is 0 Å². The smallest absolute Gasteiger partial charge is 0.130 e. The fourth-order valence-corrected chi connectivity index (χ4v) is 12.3. The number of benzene rings is 1. The van der Waals surface area contributed by atoms with Crippen molar-refractivity contribution in [3.05, 3.63) is 53.4 Å². The van der Waals surface area contributed by atoms with Crippen molar-refractivity contribution in [1.29, 1.82) is 0 Å². The van der Waals surface area contributed by atoms with Gasteiger partial charge < -0.3 is 4.74 Å². The molecule has 0 aromatic heterocycles. The molecule has 2 aliphatic carbocycles. The number of hydrogen-bond acceptors (Lipinski definition) is 1. The second kappa shape index (κ2) is 6.40. The molecule has 0 N–H and O–H groups in total. The van der Waals surface area contributed by atoms with Crippen molar-refractivity contribution in [3.63, 3.8) is 0 Å². The maximum atomic E-state index is 6.67. The van der Waals surface area contributed by atoms with E-state index in [1.54, 1.807) is 0 Å². The Kier molecular flexibility index (Phi) is 4.46. The number of para-hydroxylation sites is 1. The molecule has 1 aromatic carbocycles. The minimum atomic E-state index is -1.63. The van der Waals surface area contributed by atoms with Crippen LogP contribution < -0.4 is 4.74 Å². The number of rotatable bonds is 4. The van der Waals surface area contributed by atoms with Crippen molar-refractivity contribution in [2.24, 2.45) is 17.8 Å². The molecule has 4 atom stereocenters. The molecule has 3 aliphatic rings. The summed E-state index contributed by atoms with van der Waals surface area (Å²) in [5.74, 6) is 4.98. The average molecular weight is 367 g/mol. The molecule has 1 heterocycles. The van der Waals surface area contributed by atoms with Gasteiger partial charge in [-0.25, -0.2) is 0 Å². The van der Waals surface area contributed by atoms with Gasteiger partial charge in [-0.2, -0.15) is 0 Å². The van der Waals surface area contributed by atoms with Crippen LogP contribution in [0.3, 0.4) is 0 Å².